The normalized spacial score (nSPS) is 12.0. The number of carbonyl (C=O) groups excluding carboxylic acids is 1. The Labute approximate surface area is 153 Å². The van der Waals surface area contributed by atoms with Crippen LogP contribution in [0.4, 0.5) is 5.69 Å². The van der Waals surface area contributed by atoms with E-state index in [-0.39, 0.29) is 18.6 Å². The lowest BCUT2D eigenvalue weighted by Crippen LogP contribution is -2.29. The van der Waals surface area contributed by atoms with E-state index in [2.05, 4.69) is 10.5 Å². The number of anilines is 1. The van der Waals surface area contributed by atoms with Gasteiger partial charge in [0.05, 0.1) is 12.3 Å². The summed E-state index contributed by atoms with van der Waals surface area (Å²) in [5.74, 6) is -0.243. The Morgan fingerprint density at radius 1 is 1.28 bits per heavy atom. The second kappa shape index (κ2) is 9.08. The van der Waals surface area contributed by atoms with Gasteiger partial charge in [-0.2, -0.15) is 0 Å². The maximum atomic E-state index is 11.9. The quantitative estimate of drug-likeness (QED) is 0.606. The van der Waals surface area contributed by atoms with Gasteiger partial charge in [-0.15, -0.1) is 0 Å². The van der Waals surface area contributed by atoms with E-state index in [4.69, 9.17) is 16.4 Å². The van der Waals surface area contributed by atoms with Crippen LogP contribution in [0.2, 0.25) is 5.02 Å². The maximum absolute atomic E-state index is 11.9. The lowest BCUT2D eigenvalue weighted by Gasteiger charge is -2.14. The summed E-state index contributed by atoms with van der Waals surface area (Å²) in [4.78, 5) is 19.0. The Morgan fingerprint density at radius 2 is 2.00 bits per heavy atom. The van der Waals surface area contributed by atoms with Gasteiger partial charge in [-0.25, -0.2) is 0 Å². The number of hydrogen-bond acceptors (Lipinski definition) is 4. The Kier molecular flexibility index (Phi) is 6.83. The van der Waals surface area contributed by atoms with Gasteiger partial charge in [-0.05, 0) is 42.3 Å². The smallest absolute Gasteiger partial charge is 0.261 e. The van der Waals surface area contributed by atoms with Gasteiger partial charge in [-0.3, -0.25) is 4.79 Å². The van der Waals surface area contributed by atoms with Crippen molar-refractivity contribution < 1.29 is 9.63 Å². The summed E-state index contributed by atoms with van der Waals surface area (Å²) in [6.07, 6.45) is 1.58. The van der Waals surface area contributed by atoms with Crippen molar-refractivity contribution in [3.63, 3.8) is 0 Å². The van der Waals surface area contributed by atoms with E-state index >= 15 is 0 Å². The molecule has 1 unspecified atom stereocenters. The summed E-state index contributed by atoms with van der Waals surface area (Å²) < 4.78 is 0. The average molecular weight is 360 g/mol. The van der Waals surface area contributed by atoms with Crippen LogP contribution in [0.1, 0.15) is 24.1 Å². The molecule has 2 aromatic rings. The number of oxime groups is 1. The molecule has 6 heteroatoms. The first-order chi connectivity index (χ1) is 12.0. The monoisotopic (exact) mass is 359 g/mol. The number of amides is 1. The highest BCUT2D eigenvalue weighted by Gasteiger charge is 2.10. The molecule has 0 aliphatic carbocycles. The molecule has 0 aliphatic heterocycles. The topological polar surface area (TPSA) is 53.9 Å². The molecule has 0 bridgehead atoms. The van der Waals surface area contributed by atoms with Crippen LogP contribution in [0.5, 0.6) is 0 Å². The van der Waals surface area contributed by atoms with Crippen molar-refractivity contribution in [2.75, 3.05) is 25.6 Å². The molecule has 0 fully saturated rings. The molecular formula is C19H22ClN3O2. The van der Waals surface area contributed by atoms with Crippen LogP contribution in [-0.2, 0) is 9.63 Å². The number of benzene rings is 2. The van der Waals surface area contributed by atoms with Gasteiger partial charge in [-0.1, -0.05) is 41.0 Å². The molecule has 1 amide bonds. The molecular weight excluding hydrogens is 338 g/mol. The van der Waals surface area contributed by atoms with Gasteiger partial charge >= 0.3 is 0 Å². The molecule has 132 valence electrons. The largest absolute Gasteiger partial charge is 0.386 e. The van der Waals surface area contributed by atoms with E-state index in [1.807, 2.05) is 68.4 Å². The standard InChI is InChI=1S/C19H22ClN3O2/c1-14(16-5-4-6-17(20)11-16)22-19(24)13-25-21-12-15-7-9-18(10-8-15)23(2)3/h4-12,14H,13H2,1-3H3,(H,22,24)/b21-12+. The molecule has 0 aliphatic rings. The third-order valence-corrected chi connectivity index (χ3v) is 3.84. The van der Waals surface area contributed by atoms with Gasteiger partial charge in [0.2, 0.25) is 0 Å². The first kappa shape index (κ1) is 18.8. The molecule has 0 aromatic heterocycles. The number of nitrogens with one attached hydrogen (secondary N) is 1. The molecule has 1 atom stereocenters. The number of nitrogens with zero attached hydrogens (tertiary/aromatic N) is 2. The highest BCUT2D eigenvalue weighted by molar-refractivity contribution is 6.30. The molecule has 0 saturated carbocycles. The minimum Gasteiger partial charge on any atom is -0.386 e. The lowest BCUT2D eigenvalue weighted by atomic mass is 10.1. The molecule has 2 aromatic carbocycles. The second-order valence-electron chi connectivity index (χ2n) is 5.84. The Bertz CT molecular complexity index is 730. The van der Waals surface area contributed by atoms with Crippen LogP contribution >= 0.6 is 11.6 Å². The maximum Gasteiger partial charge on any atom is 0.261 e. The molecule has 2 rings (SSSR count). The second-order valence-corrected chi connectivity index (χ2v) is 6.27. The van der Waals surface area contributed by atoms with Crippen molar-refractivity contribution in [2.45, 2.75) is 13.0 Å². The Hall–Kier alpha value is -2.53. The van der Waals surface area contributed by atoms with Gasteiger partial charge in [0, 0.05) is 24.8 Å². The fraction of sp³-hybridized carbons (Fsp3) is 0.263. The highest BCUT2D eigenvalue weighted by atomic mass is 35.5. The summed E-state index contributed by atoms with van der Waals surface area (Å²) in [5, 5.41) is 7.31. The van der Waals surface area contributed by atoms with E-state index in [0.29, 0.717) is 5.02 Å². The Morgan fingerprint density at radius 3 is 2.64 bits per heavy atom. The van der Waals surface area contributed by atoms with Crippen LogP contribution in [0.15, 0.2) is 53.7 Å². The molecule has 0 heterocycles. The zero-order chi connectivity index (χ0) is 18.2. The minimum absolute atomic E-state index is 0.142. The number of halogens is 1. The Balaban J connectivity index is 1.78. The fourth-order valence-corrected chi connectivity index (χ4v) is 2.39. The summed E-state index contributed by atoms with van der Waals surface area (Å²) in [6, 6.07) is 15.1. The molecule has 1 N–H and O–H groups in total. The third-order valence-electron chi connectivity index (χ3n) is 3.61. The van der Waals surface area contributed by atoms with Crippen molar-refractivity contribution in [2.24, 2.45) is 5.16 Å². The predicted octanol–water partition coefficient (Wildman–Crippen LogP) is 3.63. The molecule has 25 heavy (non-hydrogen) atoms. The van der Waals surface area contributed by atoms with Crippen LogP contribution < -0.4 is 10.2 Å². The highest BCUT2D eigenvalue weighted by Crippen LogP contribution is 2.17. The zero-order valence-corrected chi connectivity index (χ0v) is 15.3. The van der Waals surface area contributed by atoms with Crippen LogP contribution in [0, 0.1) is 0 Å². The van der Waals surface area contributed by atoms with Crippen LogP contribution in [-0.4, -0.2) is 32.8 Å². The number of hydrogen-bond donors (Lipinski definition) is 1. The van der Waals surface area contributed by atoms with Crippen LogP contribution in [0.3, 0.4) is 0 Å². The average Bonchev–Trinajstić information content (AvgIpc) is 2.59. The SMILES string of the molecule is CC(NC(=O)CO/N=C/c1ccc(N(C)C)cc1)c1cccc(Cl)c1. The summed E-state index contributed by atoms with van der Waals surface area (Å²) >= 11 is 5.95. The molecule has 5 nitrogen and oxygen atoms in total. The van der Waals surface area contributed by atoms with Crippen molar-refractivity contribution in [1.29, 1.82) is 0 Å². The molecule has 0 spiro atoms. The molecule has 0 radical (unpaired) electrons. The minimum atomic E-state index is -0.243. The van der Waals surface area contributed by atoms with E-state index in [1.54, 1.807) is 12.3 Å². The van der Waals surface area contributed by atoms with Crippen molar-refractivity contribution in [1.82, 2.24) is 5.32 Å². The van der Waals surface area contributed by atoms with E-state index in [1.165, 1.54) is 0 Å². The lowest BCUT2D eigenvalue weighted by molar-refractivity contribution is -0.126. The van der Waals surface area contributed by atoms with Crippen molar-refractivity contribution >= 4 is 29.4 Å². The summed E-state index contributed by atoms with van der Waals surface area (Å²) in [7, 11) is 3.96. The third kappa shape index (κ3) is 6.12. The first-order valence-electron chi connectivity index (χ1n) is 7.93. The van der Waals surface area contributed by atoms with E-state index in [0.717, 1.165) is 16.8 Å². The van der Waals surface area contributed by atoms with Crippen molar-refractivity contribution in [3.05, 3.63) is 64.7 Å². The van der Waals surface area contributed by atoms with Gasteiger partial charge in [0.15, 0.2) is 6.61 Å². The number of rotatable bonds is 7. The zero-order valence-electron chi connectivity index (χ0n) is 14.6. The predicted molar refractivity (Wildman–Crippen MR) is 102 cm³/mol. The summed E-state index contributed by atoms with van der Waals surface area (Å²) in [6.45, 7) is 1.75. The van der Waals surface area contributed by atoms with Crippen molar-refractivity contribution in [3.8, 4) is 0 Å². The van der Waals surface area contributed by atoms with Crippen LogP contribution in [0.25, 0.3) is 0 Å². The van der Waals surface area contributed by atoms with Gasteiger partial charge < -0.3 is 15.1 Å². The summed E-state index contributed by atoms with van der Waals surface area (Å²) in [5.41, 5.74) is 2.94. The molecule has 0 saturated heterocycles. The van der Waals surface area contributed by atoms with E-state index < -0.39 is 0 Å². The number of carbonyl (C=O) groups is 1. The first-order valence-corrected chi connectivity index (χ1v) is 8.31. The van der Waals surface area contributed by atoms with Gasteiger partial charge in [0.1, 0.15) is 0 Å². The van der Waals surface area contributed by atoms with Gasteiger partial charge in [0.25, 0.3) is 5.91 Å². The fourth-order valence-electron chi connectivity index (χ4n) is 2.19. The van der Waals surface area contributed by atoms with E-state index in [9.17, 15) is 4.79 Å².